The van der Waals surface area contributed by atoms with E-state index < -0.39 is 6.98 Å². The van der Waals surface area contributed by atoms with Gasteiger partial charge in [-0.3, -0.25) is 0 Å². The van der Waals surface area contributed by atoms with E-state index in [4.69, 9.17) is 13.6 Å². The van der Waals surface area contributed by atoms with Crippen LogP contribution in [-0.4, -0.2) is 40.7 Å². The van der Waals surface area contributed by atoms with Gasteiger partial charge in [0.25, 0.3) is 0 Å². The first-order valence-corrected chi connectivity index (χ1v) is 31.8. The molecular weight excluding hydrogens is 1130 g/mol. The highest BCUT2D eigenvalue weighted by Gasteiger charge is 2.33. The summed E-state index contributed by atoms with van der Waals surface area (Å²) in [6.07, 6.45) is 0. The maximum absolute atomic E-state index is 8.45. The van der Waals surface area contributed by atoms with Gasteiger partial charge in [0.1, 0.15) is 36.3 Å². The van der Waals surface area contributed by atoms with E-state index in [1.807, 2.05) is 37.3 Å². The highest BCUT2D eigenvalue weighted by Crippen LogP contribution is 2.51. The van der Waals surface area contributed by atoms with Crippen molar-refractivity contribution in [3.8, 4) is 45.3 Å². The second kappa shape index (κ2) is 22.7. The van der Waals surface area contributed by atoms with Gasteiger partial charge in [-0.1, -0.05) is 71.8 Å². The number of ether oxygens (including phenoxy) is 2. The van der Waals surface area contributed by atoms with Gasteiger partial charge in [-0.05, 0) is 257 Å². The lowest BCUT2D eigenvalue weighted by molar-refractivity contribution is 0.482. The molecule has 458 valence electrons. The quantitative estimate of drug-likeness (QED) is 0.118. The molecule has 10 heteroatoms. The Morgan fingerprint density at radius 2 is 0.609 bits per heavy atom. The molecule has 0 N–H and O–H groups in total. The summed E-state index contributed by atoms with van der Waals surface area (Å²) in [5.41, 5.74) is 31.1. The van der Waals surface area contributed by atoms with Gasteiger partial charge in [-0.25, -0.2) is 0 Å². The Hall–Kier alpha value is -10.6. The van der Waals surface area contributed by atoms with Crippen molar-refractivity contribution in [1.82, 2.24) is 0 Å². The number of rotatable bonds is 12. The van der Waals surface area contributed by atoms with Gasteiger partial charge in [0, 0.05) is 76.5 Å². The Kier molecular flexibility index (Phi) is 13.4. The fourth-order valence-electron chi connectivity index (χ4n) is 14.6. The normalized spacial score (nSPS) is 14.6. The molecule has 0 unspecified atom stereocenters. The third kappa shape index (κ3) is 10.3. The molecule has 0 radical (unpaired) electrons. The lowest BCUT2D eigenvalue weighted by atomic mass is 9.93. The molecule has 0 aromatic heterocycles. The third-order valence-corrected chi connectivity index (χ3v) is 19.1. The van der Waals surface area contributed by atoms with Crippen molar-refractivity contribution in [3.63, 3.8) is 0 Å². The first-order valence-electron chi connectivity index (χ1n) is 33.3. The molecule has 15 rings (SSSR count). The maximum atomic E-state index is 8.45. The van der Waals surface area contributed by atoms with Crippen molar-refractivity contribution in [2.24, 2.45) is 0 Å². The van der Waals surface area contributed by atoms with E-state index >= 15 is 0 Å². The Balaban J connectivity index is 0.735. The molecule has 4 heterocycles. The first kappa shape index (κ1) is 54.4. The van der Waals surface area contributed by atoms with Crippen LogP contribution in [0.15, 0.2) is 206 Å². The minimum absolute atomic E-state index is 0.189. The van der Waals surface area contributed by atoms with Gasteiger partial charge in [0.05, 0.1) is 58.8 Å². The van der Waals surface area contributed by atoms with E-state index in [1.54, 1.807) is 0 Å². The van der Waals surface area contributed by atoms with E-state index in [0.717, 1.165) is 103 Å². The highest BCUT2D eigenvalue weighted by molar-refractivity contribution is 5.92. The topological polar surface area (TPSA) is 44.4 Å². The maximum Gasteiger partial charge on any atom is 0.130 e. The minimum atomic E-state index is -2.31. The smallest absolute Gasteiger partial charge is 0.130 e. The number of anilines is 14. The van der Waals surface area contributed by atoms with Crippen LogP contribution in [0, 0.1) is 69.2 Å². The Bertz CT molecular complexity index is 4840. The molecule has 92 heavy (non-hydrogen) atoms. The molecule has 4 aliphatic heterocycles. The van der Waals surface area contributed by atoms with E-state index in [9.17, 15) is 0 Å². The summed E-state index contributed by atoms with van der Waals surface area (Å²) in [4.78, 5) is 17.9. The van der Waals surface area contributed by atoms with Crippen LogP contribution in [0.3, 0.4) is 0 Å². The van der Waals surface area contributed by atoms with Crippen molar-refractivity contribution in [3.05, 3.63) is 262 Å². The fraction of sp³-hybridized carbons (Fsp3) is 0.195. The number of aryl methyl sites for hydroxylation is 10. The molecule has 0 spiro atoms. The second-order valence-electron chi connectivity index (χ2n) is 25.8. The molecule has 0 amide bonds. The summed E-state index contributed by atoms with van der Waals surface area (Å²) in [5, 5.41) is 0. The zero-order valence-corrected chi connectivity index (χ0v) is 54.4. The summed E-state index contributed by atoms with van der Waals surface area (Å²) >= 11 is 0. The molecule has 10 nitrogen and oxygen atoms in total. The van der Waals surface area contributed by atoms with Gasteiger partial charge in [0.2, 0.25) is 0 Å². The molecule has 0 aliphatic carbocycles. The summed E-state index contributed by atoms with van der Waals surface area (Å²) in [6.45, 7) is 21.4. The van der Waals surface area contributed by atoms with Crippen LogP contribution in [0.25, 0.3) is 22.3 Å². The fourth-order valence-corrected chi connectivity index (χ4v) is 14.6. The monoisotopic (exact) mass is 1210 g/mol. The standard InChI is InChI=1S/C82H78N8O2/c1-51-31-57(7)81(58(8)32-51)61-39-67(45-71(41-61)91-69-21-17-19-65(43-69)85-47-83(11)77-35-53(3)55(5)37-79(77)85)89-49-87(73-23-13-15-25-75(73)89)63-27-29-64(30-28-63)88-50-90(76-26-16-14-24-74(76)88)68-40-62(82-59(9)33-52(2)34-60(82)10)42-72(46-68)92-70-22-18-20-66(44-70)86-48-84(12)78-36-54(4)56(6)38-80(78)86/h13-46H,47-50H2,1-12H3/i11D3. The predicted molar refractivity (Wildman–Crippen MR) is 385 cm³/mol. The summed E-state index contributed by atoms with van der Waals surface area (Å²) in [5.74, 6) is 2.88. The van der Waals surface area contributed by atoms with Crippen LogP contribution < -0.4 is 48.7 Å². The van der Waals surface area contributed by atoms with Gasteiger partial charge < -0.3 is 48.7 Å². The summed E-state index contributed by atoms with van der Waals surface area (Å²) < 4.78 is 39.4. The van der Waals surface area contributed by atoms with Gasteiger partial charge in [0.15, 0.2) is 0 Å². The Morgan fingerprint density at radius 3 is 1.00 bits per heavy atom. The number of fused-ring (bicyclic) bond motifs is 4. The SMILES string of the molecule is [2H]C([2H])([2H])N1CN(c2cccc(Oc3cc(-c4c(C)cc(C)cc4C)cc(N4CN(c5ccc(N6CN(c7cc(Oc8cccc(N9CN(C)c%10cc(C)c(C)cc%109)c8)cc(-c8c(C)cc(C)cc8C)c7)c7ccccc76)cc5)c5ccccc54)c3)c2)c2cc(C)c(C)cc21. The van der Waals surface area contributed by atoms with Gasteiger partial charge >= 0.3 is 0 Å². The van der Waals surface area contributed by atoms with Crippen molar-refractivity contribution in [2.75, 3.05) is 79.9 Å². The third-order valence-electron chi connectivity index (χ3n) is 19.1. The van der Waals surface area contributed by atoms with Crippen LogP contribution in [0.5, 0.6) is 23.0 Å². The lowest BCUT2D eigenvalue weighted by Crippen LogP contribution is -2.25. The van der Waals surface area contributed by atoms with Crippen molar-refractivity contribution in [2.45, 2.75) is 69.2 Å². The number of benzene rings is 11. The average Bonchev–Trinajstić information content (AvgIpc) is 1.64. The Labute approximate surface area is 546 Å². The zero-order chi connectivity index (χ0) is 65.9. The van der Waals surface area contributed by atoms with Gasteiger partial charge in [-0.15, -0.1) is 0 Å². The summed E-state index contributed by atoms with van der Waals surface area (Å²) in [7, 11) is 2.16. The van der Waals surface area contributed by atoms with E-state index in [-0.39, 0.29) is 6.67 Å². The van der Waals surface area contributed by atoms with Gasteiger partial charge in [-0.2, -0.15) is 0 Å². The molecule has 0 saturated carbocycles. The number of nitrogens with zero attached hydrogens (tertiary/aromatic N) is 8. The molecule has 0 atom stereocenters. The van der Waals surface area contributed by atoms with Crippen LogP contribution in [0.4, 0.5) is 79.6 Å². The highest BCUT2D eigenvalue weighted by atomic mass is 16.5. The lowest BCUT2D eigenvalue weighted by Gasteiger charge is -2.25. The van der Waals surface area contributed by atoms with Crippen molar-refractivity contribution in [1.29, 1.82) is 0 Å². The second-order valence-corrected chi connectivity index (χ2v) is 25.8. The largest absolute Gasteiger partial charge is 0.457 e. The zero-order valence-electron chi connectivity index (χ0n) is 57.4. The first-order chi connectivity index (χ1) is 45.7. The van der Waals surface area contributed by atoms with E-state index in [1.165, 1.54) is 71.9 Å². The van der Waals surface area contributed by atoms with E-state index in [0.29, 0.717) is 30.5 Å². The predicted octanol–water partition coefficient (Wildman–Crippen LogP) is 21.3. The van der Waals surface area contributed by atoms with Crippen LogP contribution in [-0.2, 0) is 0 Å². The van der Waals surface area contributed by atoms with Crippen molar-refractivity contribution < 1.29 is 13.6 Å². The molecule has 0 bridgehead atoms. The van der Waals surface area contributed by atoms with Crippen molar-refractivity contribution >= 4 is 79.6 Å². The molecular formula is C82H78N8O2. The minimum Gasteiger partial charge on any atom is -0.457 e. The van der Waals surface area contributed by atoms with Crippen LogP contribution in [0.1, 0.15) is 59.7 Å². The molecule has 0 fully saturated rings. The number of hydrogen-bond acceptors (Lipinski definition) is 10. The number of hydrogen-bond donors (Lipinski definition) is 0. The Morgan fingerprint density at radius 1 is 0.272 bits per heavy atom. The van der Waals surface area contributed by atoms with Crippen LogP contribution >= 0.6 is 0 Å². The molecule has 11 aromatic rings. The molecule has 11 aromatic carbocycles. The van der Waals surface area contributed by atoms with Crippen LogP contribution in [0.2, 0.25) is 0 Å². The van der Waals surface area contributed by atoms with E-state index in [2.05, 4.69) is 280 Å². The molecule has 0 saturated heterocycles. The number of para-hydroxylation sites is 4. The average molecular weight is 1210 g/mol. The molecule has 4 aliphatic rings. The summed E-state index contributed by atoms with van der Waals surface area (Å²) in [6, 6.07) is 73.9.